The third-order valence-electron chi connectivity index (χ3n) is 17.4. The van der Waals surface area contributed by atoms with Gasteiger partial charge in [0, 0.05) is 166 Å². The van der Waals surface area contributed by atoms with Gasteiger partial charge in [0.15, 0.2) is 0 Å². The monoisotopic (exact) mass is 1680 g/mol. The molecule has 0 radical (unpaired) electrons. The van der Waals surface area contributed by atoms with Crippen LogP contribution in [0.1, 0.15) is 249 Å². The molecule has 0 aliphatic carbocycles. The van der Waals surface area contributed by atoms with Crippen molar-refractivity contribution in [2.24, 2.45) is 35.0 Å². The Morgan fingerprint density at radius 2 is 0.678 bits per heavy atom. The molecule has 118 heavy (non-hydrogen) atoms. The van der Waals surface area contributed by atoms with Crippen LogP contribution >= 0.6 is 0 Å². The van der Waals surface area contributed by atoms with Crippen LogP contribution in [-0.2, 0) is 113 Å². The molecule has 1 aromatic rings. The van der Waals surface area contributed by atoms with Crippen LogP contribution in [0.4, 0.5) is 0 Å². The Morgan fingerprint density at radius 3 is 1.03 bits per heavy atom. The Morgan fingerprint density at radius 1 is 0.339 bits per heavy atom. The molecule has 36 nitrogen and oxygen atoms in total. The minimum atomic E-state index is -0.829. The van der Waals surface area contributed by atoms with Gasteiger partial charge in [0.05, 0.1) is 78.2 Å². The molecule has 9 amide bonds. The van der Waals surface area contributed by atoms with Gasteiger partial charge in [0.25, 0.3) is 0 Å². The van der Waals surface area contributed by atoms with Crippen molar-refractivity contribution in [3.8, 4) is 0 Å². The largest absolute Gasteiger partial charge is 0.459 e. The summed E-state index contributed by atoms with van der Waals surface area (Å²) in [6.07, 6.45) is 11.1. The van der Waals surface area contributed by atoms with Crippen molar-refractivity contribution in [3.05, 3.63) is 11.9 Å². The number of aromatic nitrogens is 3. The molecule has 0 unspecified atom stereocenters. The fourth-order valence-corrected chi connectivity index (χ4v) is 10.3. The van der Waals surface area contributed by atoms with Crippen LogP contribution in [0.3, 0.4) is 0 Å². The number of carbonyl (C=O) groups is 14. The van der Waals surface area contributed by atoms with Crippen molar-refractivity contribution in [1.29, 1.82) is 0 Å². The SMILES string of the molecule is CC(C)NCCOCCOCCC(=O)N[C@@H](CCCCNC(=O)CCC(=O)C(C)C)C(N)=O.CC(C)NCCOCCOCCCC(=O)CCC(=O)N[C@@H](CCCCNC(=O)CCC(=O)C(C)C)C(N)=O.CC(C)NCCOCCOCCCC(=O)CCC(=O)N[C@@H](CCCCNC(=O)CCCCn1cc(COC(=O)C(C)C)nn1)C(N)=O. The molecule has 1 rings (SSSR count). The average molecular weight is 1680 g/mol. The number of esters is 1. The lowest BCUT2D eigenvalue weighted by Gasteiger charge is -2.15. The molecule has 0 aliphatic heterocycles. The van der Waals surface area contributed by atoms with E-state index in [0.717, 1.165) is 26.1 Å². The van der Waals surface area contributed by atoms with Crippen LogP contribution in [-0.4, -0.2) is 252 Å². The molecule has 36 heteroatoms. The maximum Gasteiger partial charge on any atom is 0.308 e. The van der Waals surface area contributed by atoms with Crippen molar-refractivity contribution in [2.45, 2.75) is 293 Å². The summed E-state index contributed by atoms with van der Waals surface area (Å²) in [6.45, 7) is 33.3. The number of amides is 9. The van der Waals surface area contributed by atoms with E-state index in [2.05, 4.69) is 99.7 Å². The van der Waals surface area contributed by atoms with E-state index < -0.39 is 47.7 Å². The second kappa shape index (κ2) is 74.2. The van der Waals surface area contributed by atoms with Gasteiger partial charge in [-0.15, -0.1) is 5.10 Å². The van der Waals surface area contributed by atoms with Crippen molar-refractivity contribution in [2.75, 3.05) is 119 Å². The zero-order chi connectivity index (χ0) is 88.7. The van der Waals surface area contributed by atoms with Crippen LogP contribution in [0.25, 0.3) is 0 Å². The van der Waals surface area contributed by atoms with E-state index in [9.17, 15) is 67.1 Å². The summed E-state index contributed by atoms with van der Waals surface area (Å²) >= 11 is 0. The predicted octanol–water partition coefficient (Wildman–Crippen LogP) is 3.64. The fraction of sp³-hybridized carbons (Fsp3) is 0.805. The number of hydrogen-bond acceptors (Lipinski definition) is 26. The maximum atomic E-state index is 12.3. The normalized spacial score (nSPS) is 11.9. The van der Waals surface area contributed by atoms with Crippen LogP contribution in [0, 0.1) is 17.8 Å². The third kappa shape index (κ3) is 72.2. The number of unbranched alkanes of at least 4 members (excludes halogenated alkanes) is 4. The second-order valence-corrected chi connectivity index (χ2v) is 30.6. The number of primary amides is 3. The van der Waals surface area contributed by atoms with Gasteiger partial charge in [-0.2, -0.15) is 0 Å². The van der Waals surface area contributed by atoms with Crippen LogP contribution in [0.15, 0.2) is 6.20 Å². The lowest BCUT2D eigenvalue weighted by Crippen LogP contribution is -2.44. The number of rotatable bonds is 75. The van der Waals surface area contributed by atoms with Crippen molar-refractivity contribution < 1.29 is 100 Å². The summed E-state index contributed by atoms with van der Waals surface area (Å²) in [4.78, 5) is 166. The molecule has 680 valence electrons. The van der Waals surface area contributed by atoms with Gasteiger partial charge in [0.2, 0.25) is 53.2 Å². The van der Waals surface area contributed by atoms with Crippen LogP contribution < -0.4 is 65.1 Å². The average Bonchev–Trinajstić information content (AvgIpc) is 1.73. The van der Waals surface area contributed by atoms with Crippen molar-refractivity contribution >= 4 is 82.3 Å². The molecule has 1 aromatic heterocycles. The highest BCUT2D eigenvalue weighted by molar-refractivity contribution is 5.91. The molecule has 0 saturated carbocycles. The number of nitrogens with two attached hydrogens (primary N) is 3. The van der Waals surface area contributed by atoms with E-state index in [0.29, 0.717) is 219 Å². The Bertz CT molecular complexity index is 2950. The number of ketones is 4. The van der Waals surface area contributed by atoms with Gasteiger partial charge >= 0.3 is 5.97 Å². The first-order valence-corrected chi connectivity index (χ1v) is 42.5. The Labute approximate surface area is 700 Å². The van der Waals surface area contributed by atoms with Crippen molar-refractivity contribution in [3.63, 3.8) is 0 Å². The van der Waals surface area contributed by atoms with Gasteiger partial charge in [-0.3, -0.25) is 71.8 Å². The minimum absolute atomic E-state index is 0.00707. The summed E-state index contributed by atoms with van der Waals surface area (Å²) in [5.74, 6) is -3.99. The molecule has 0 bridgehead atoms. The fourth-order valence-electron chi connectivity index (χ4n) is 10.3. The Balaban J connectivity index is 0. The van der Waals surface area contributed by atoms with Gasteiger partial charge in [-0.1, -0.05) is 88.3 Å². The van der Waals surface area contributed by atoms with Crippen LogP contribution in [0.5, 0.6) is 0 Å². The lowest BCUT2D eigenvalue weighted by molar-refractivity contribution is -0.149. The highest BCUT2D eigenvalue weighted by atomic mass is 16.5. The number of hydrogen-bond donors (Lipinski definition) is 12. The molecule has 0 aromatic carbocycles. The standard InChI is InChI=1S/C32H57N7O8.C27H50N4O7.C23H44N4O6/c1-24(2)32(44)47-23-26-22-39(38-37-26)17-8-6-12-29(41)35-15-7-5-11-28(31(33)43)36-30(42)14-13-27(40)10-9-18-45-20-21-46-19-16-34-25(3)4;1-20(2)24(33)11-13-25(34)30-14-6-5-9-23(27(28)36)31-26(35)12-10-22(32)8-7-16-37-18-19-38-17-15-29-21(3)4;1-17(2)20(28)8-9-21(29)26-11-6-5-7-19(23(24)31)27-22(30)10-13-32-15-16-33-14-12-25-18(3)4/h22,24-25,28,34H,5-21,23H2,1-4H3,(H2,33,43)(H,35,41)(H,36,42);20-21,23,29H,5-19H2,1-4H3,(H2,28,36)(H,30,34)(H,31,35);17-19,25H,5-16H2,1-4H3,(H2,24,31)(H,26,29)(H,27,30)/t28-;23-;19-/m000/s1. The van der Waals surface area contributed by atoms with E-state index in [1.165, 1.54) is 0 Å². The highest BCUT2D eigenvalue weighted by Crippen LogP contribution is 2.10. The van der Waals surface area contributed by atoms with Gasteiger partial charge < -0.3 is 98.2 Å². The summed E-state index contributed by atoms with van der Waals surface area (Å²) in [7, 11) is 0. The summed E-state index contributed by atoms with van der Waals surface area (Å²) < 4.78 is 39.4. The number of nitrogens with one attached hydrogen (secondary N) is 9. The zero-order valence-corrected chi connectivity index (χ0v) is 73.2. The molecule has 0 fully saturated rings. The molecule has 1 heterocycles. The minimum Gasteiger partial charge on any atom is -0.459 e. The first-order valence-electron chi connectivity index (χ1n) is 42.5. The van der Waals surface area contributed by atoms with E-state index in [1.54, 1.807) is 38.6 Å². The molecule has 3 atom stereocenters. The van der Waals surface area contributed by atoms with E-state index >= 15 is 0 Å². The van der Waals surface area contributed by atoms with Gasteiger partial charge in [0.1, 0.15) is 53.6 Å². The molecule has 0 aliphatic rings. The third-order valence-corrected chi connectivity index (χ3v) is 17.4. The quantitative estimate of drug-likeness (QED) is 0.0327. The molecule has 15 N–H and O–H groups in total. The van der Waals surface area contributed by atoms with Gasteiger partial charge in [-0.25, -0.2) is 0 Å². The van der Waals surface area contributed by atoms with E-state index in [1.807, 2.05) is 13.8 Å². The summed E-state index contributed by atoms with van der Waals surface area (Å²) in [6, 6.07) is -1.13. The smallest absolute Gasteiger partial charge is 0.308 e. The summed E-state index contributed by atoms with van der Waals surface area (Å²) in [5.41, 5.74) is 16.8. The first kappa shape index (κ1) is 112. The highest BCUT2D eigenvalue weighted by Gasteiger charge is 2.22. The zero-order valence-electron chi connectivity index (χ0n) is 73.2. The molecule has 0 saturated heterocycles. The molecule has 0 spiro atoms. The maximum absolute atomic E-state index is 12.3. The molecular formula is C82H151N15O21. The van der Waals surface area contributed by atoms with Crippen molar-refractivity contribution in [1.82, 2.24) is 62.8 Å². The lowest BCUT2D eigenvalue weighted by atomic mass is 10.0. The van der Waals surface area contributed by atoms with E-state index in [4.69, 9.17) is 50.4 Å². The number of carbonyl (C=O) groups excluding carboxylic acids is 14. The summed E-state index contributed by atoms with van der Waals surface area (Å²) in [5, 5.41) is 34.0. The Kier molecular flexibility index (Phi) is 70.6. The predicted molar refractivity (Wildman–Crippen MR) is 447 cm³/mol. The topological polar surface area (TPSA) is 521 Å². The second-order valence-electron chi connectivity index (χ2n) is 30.6. The number of ether oxygens (including phenoxy) is 7. The number of aryl methyl sites for hydroxylation is 1. The molecular weight excluding hydrogens is 1530 g/mol. The first-order chi connectivity index (χ1) is 56.1. The number of Topliss-reactive ketones (excluding diaryl/α,β-unsaturated/α-hetero) is 4. The Hall–Kier alpha value is -7.84. The van der Waals surface area contributed by atoms with E-state index in [-0.39, 0.29) is 141 Å². The van der Waals surface area contributed by atoms with Crippen LogP contribution in [0.2, 0.25) is 0 Å². The van der Waals surface area contributed by atoms with Gasteiger partial charge in [-0.05, 0) is 83.5 Å². The number of nitrogens with zero attached hydrogens (tertiary/aromatic N) is 3.